The van der Waals surface area contributed by atoms with Crippen molar-refractivity contribution in [3.8, 4) is 0 Å². The average Bonchev–Trinajstić information content (AvgIpc) is 3.13. The summed E-state index contributed by atoms with van der Waals surface area (Å²) >= 11 is 0. The molecular weight excluding hydrogens is 336 g/mol. The van der Waals surface area contributed by atoms with Crippen LogP contribution in [0.25, 0.3) is 6.08 Å². The van der Waals surface area contributed by atoms with Gasteiger partial charge in [0, 0.05) is 6.92 Å². The third kappa shape index (κ3) is 5.94. The number of ether oxygens (including phenoxy) is 1. The van der Waals surface area contributed by atoms with Gasteiger partial charge >= 0.3 is 5.97 Å². The van der Waals surface area contributed by atoms with Gasteiger partial charge in [0.2, 0.25) is 5.91 Å². The second kappa shape index (κ2) is 9.22. The lowest BCUT2D eigenvalue weighted by molar-refractivity contribution is -0.151. The number of esters is 1. The lowest BCUT2D eigenvalue weighted by Crippen LogP contribution is -2.37. The van der Waals surface area contributed by atoms with E-state index in [1.165, 1.54) is 26.2 Å². The summed E-state index contributed by atoms with van der Waals surface area (Å²) in [5, 5.41) is 5.03. The summed E-state index contributed by atoms with van der Waals surface area (Å²) < 4.78 is 10.3. The quantitative estimate of drug-likeness (QED) is 0.584. The van der Waals surface area contributed by atoms with Crippen LogP contribution in [0, 0.1) is 0 Å². The molecule has 2 N–H and O–H groups in total. The lowest BCUT2D eigenvalue weighted by Gasteiger charge is -2.14. The zero-order valence-electron chi connectivity index (χ0n) is 14.5. The van der Waals surface area contributed by atoms with Crippen LogP contribution in [0.2, 0.25) is 0 Å². The first-order valence-electron chi connectivity index (χ1n) is 8.01. The van der Waals surface area contributed by atoms with E-state index in [-0.39, 0.29) is 12.2 Å². The number of hydrogen-bond acceptors (Lipinski definition) is 5. The minimum atomic E-state index is -1.04. The van der Waals surface area contributed by atoms with Gasteiger partial charge < -0.3 is 19.8 Å². The van der Waals surface area contributed by atoms with Crippen LogP contribution in [0.3, 0.4) is 0 Å². The molecule has 136 valence electrons. The number of amides is 2. The molecular formula is C19H20N2O5. The smallest absolute Gasteiger partial charge is 0.355 e. The number of rotatable bonds is 7. The fourth-order valence-corrected chi connectivity index (χ4v) is 2.06. The first kappa shape index (κ1) is 19.0. The molecule has 1 heterocycles. The zero-order valence-corrected chi connectivity index (χ0v) is 14.5. The van der Waals surface area contributed by atoms with Crippen molar-refractivity contribution < 1.29 is 23.5 Å². The molecule has 26 heavy (non-hydrogen) atoms. The Hall–Kier alpha value is -3.35. The molecule has 1 atom stereocenters. The van der Waals surface area contributed by atoms with E-state index in [1.54, 1.807) is 36.4 Å². The van der Waals surface area contributed by atoms with E-state index in [9.17, 15) is 14.4 Å². The molecule has 7 heteroatoms. The Bertz CT molecular complexity index is 782. The summed E-state index contributed by atoms with van der Waals surface area (Å²) in [7, 11) is 0. The van der Waals surface area contributed by atoms with Crippen molar-refractivity contribution in [2.24, 2.45) is 0 Å². The van der Waals surface area contributed by atoms with Gasteiger partial charge in [0.15, 0.2) is 6.10 Å². The van der Waals surface area contributed by atoms with Gasteiger partial charge in [0.1, 0.15) is 11.5 Å². The van der Waals surface area contributed by atoms with Crippen LogP contribution in [0.1, 0.15) is 25.2 Å². The number of furan rings is 1. The summed E-state index contributed by atoms with van der Waals surface area (Å²) in [6, 6.07) is 12.4. The summed E-state index contributed by atoms with van der Waals surface area (Å²) in [4.78, 5) is 35.7. The molecule has 0 aliphatic heterocycles. The van der Waals surface area contributed by atoms with E-state index in [0.717, 1.165) is 0 Å². The van der Waals surface area contributed by atoms with Gasteiger partial charge in [-0.25, -0.2) is 4.79 Å². The van der Waals surface area contributed by atoms with E-state index < -0.39 is 23.9 Å². The van der Waals surface area contributed by atoms with Crippen LogP contribution >= 0.6 is 0 Å². The minimum Gasteiger partial charge on any atom is -0.467 e. The predicted molar refractivity (Wildman–Crippen MR) is 94.3 cm³/mol. The minimum absolute atomic E-state index is 0.0469. The normalized spacial score (nSPS) is 12.2. The van der Waals surface area contributed by atoms with Gasteiger partial charge in [-0.2, -0.15) is 0 Å². The van der Waals surface area contributed by atoms with Crippen molar-refractivity contribution in [3.63, 3.8) is 0 Å². The summed E-state index contributed by atoms with van der Waals surface area (Å²) in [6.45, 7) is 2.92. The summed E-state index contributed by atoms with van der Waals surface area (Å²) in [6.07, 6.45) is 1.95. The van der Waals surface area contributed by atoms with Crippen molar-refractivity contribution in [3.05, 3.63) is 65.7 Å². The third-order valence-corrected chi connectivity index (χ3v) is 3.31. The van der Waals surface area contributed by atoms with E-state index in [4.69, 9.17) is 9.15 Å². The molecule has 0 aliphatic carbocycles. The maximum absolute atomic E-state index is 12.3. The highest BCUT2D eigenvalue weighted by atomic mass is 16.5. The number of hydrogen-bond donors (Lipinski definition) is 2. The molecule has 0 bridgehead atoms. The first-order valence-corrected chi connectivity index (χ1v) is 8.01. The SMILES string of the molecule is CC(=O)N/C(=C\c1ccccc1)C(=O)O[C@@H](C)C(=O)NCc1ccco1. The highest BCUT2D eigenvalue weighted by molar-refractivity contribution is 5.98. The van der Waals surface area contributed by atoms with Gasteiger partial charge in [-0.1, -0.05) is 30.3 Å². The molecule has 0 aliphatic rings. The van der Waals surface area contributed by atoms with E-state index in [2.05, 4.69) is 10.6 Å². The molecule has 0 saturated heterocycles. The maximum atomic E-state index is 12.3. The van der Waals surface area contributed by atoms with Crippen LogP contribution in [0.4, 0.5) is 0 Å². The Balaban J connectivity index is 1.99. The molecule has 2 amide bonds. The molecule has 2 rings (SSSR count). The fraction of sp³-hybridized carbons (Fsp3) is 0.211. The van der Waals surface area contributed by atoms with Crippen LogP contribution in [0.5, 0.6) is 0 Å². The second-order valence-corrected chi connectivity index (χ2v) is 5.49. The van der Waals surface area contributed by atoms with Gasteiger partial charge in [0.25, 0.3) is 5.91 Å². The van der Waals surface area contributed by atoms with E-state index in [1.807, 2.05) is 6.07 Å². The Morgan fingerprint density at radius 1 is 1.15 bits per heavy atom. The molecule has 1 aromatic heterocycles. The molecule has 0 fully saturated rings. The number of nitrogens with one attached hydrogen (secondary N) is 2. The molecule has 0 spiro atoms. The highest BCUT2D eigenvalue weighted by Crippen LogP contribution is 2.08. The first-order chi connectivity index (χ1) is 12.5. The standard InChI is InChI=1S/C19H20N2O5/c1-13(18(23)20-12-16-9-6-10-25-16)26-19(24)17(21-14(2)22)11-15-7-4-3-5-8-15/h3-11,13H,12H2,1-2H3,(H,20,23)(H,21,22)/b17-11-/t13-/m0/s1. The Morgan fingerprint density at radius 3 is 2.50 bits per heavy atom. The summed E-state index contributed by atoms with van der Waals surface area (Å²) in [5.74, 6) is -1.11. The van der Waals surface area contributed by atoms with Crippen molar-refractivity contribution in [2.75, 3.05) is 0 Å². The van der Waals surface area contributed by atoms with Crippen LogP contribution in [0.15, 0.2) is 58.8 Å². The van der Waals surface area contributed by atoms with Gasteiger partial charge in [-0.15, -0.1) is 0 Å². The van der Waals surface area contributed by atoms with Crippen molar-refractivity contribution in [2.45, 2.75) is 26.5 Å². The third-order valence-electron chi connectivity index (χ3n) is 3.31. The number of carbonyl (C=O) groups is 3. The predicted octanol–water partition coefficient (Wildman–Crippen LogP) is 2.00. The second-order valence-electron chi connectivity index (χ2n) is 5.49. The Labute approximate surface area is 151 Å². The van der Waals surface area contributed by atoms with Gasteiger partial charge in [0.05, 0.1) is 12.8 Å². The number of benzene rings is 1. The largest absolute Gasteiger partial charge is 0.467 e. The molecule has 0 radical (unpaired) electrons. The van der Waals surface area contributed by atoms with E-state index in [0.29, 0.717) is 11.3 Å². The molecule has 0 saturated carbocycles. The molecule has 1 aromatic carbocycles. The van der Waals surface area contributed by atoms with Crippen LogP contribution in [-0.4, -0.2) is 23.9 Å². The zero-order chi connectivity index (χ0) is 18.9. The Kier molecular flexibility index (Phi) is 6.73. The van der Waals surface area contributed by atoms with Crippen molar-refractivity contribution in [1.82, 2.24) is 10.6 Å². The molecule has 2 aromatic rings. The van der Waals surface area contributed by atoms with Crippen molar-refractivity contribution in [1.29, 1.82) is 0 Å². The Morgan fingerprint density at radius 2 is 1.88 bits per heavy atom. The highest BCUT2D eigenvalue weighted by Gasteiger charge is 2.21. The lowest BCUT2D eigenvalue weighted by atomic mass is 10.2. The van der Waals surface area contributed by atoms with Gasteiger partial charge in [-0.05, 0) is 30.7 Å². The fourth-order valence-electron chi connectivity index (χ4n) is 2.06. The molecule has 7 nitrogen and oxygen atoms in total. The maximum Gasteiger partial charge on any atom is 0.355 e. The number of carbonyl (C=O) groups excluding carboxylic acids is 3. The topological polar surface area (TPSA) is 97.6 Å². The van der Waals surface area contributed by atoms with Crippen LogP contribution < -0.4 is 10.6 Å². The average molecular weight is 356 g/mol. The molecule has 0 unspecified atom stereocenters. The monoisotopic (exact) mass is 356 g/mol. The summed E-state index contributed by atoms with van der Waals surface area (Å²) in [5.41, 5.74) is 0.664. The van der Waals surface area contributed by atoms with Crippen LogP contribution in [-0.2, 0) is 25.7 Å². The van der Waals surface area contributed by atoms with Gasteiger partial charge in [-0.3, -0.25) is 9.59 Å². The van der Waals surface area contributed by atoms with E-state index >= 15 is 0 Å². The van der Waals surface area contributed by atoms with Crippen molar-refractivity contribution >= 4 is 23.9 Å².